The average Bonchev–Trinajstić information content (AvgIpc) is 2.44. The van der Waals surface area contributed by atoms with Crippen molar-refractivity contribution in [3.63, 3.8) is 0 Å². The van der Waals surface area contributed by atoms with Crippen molar-refractivity contribution in [2.75, 3.05) is 30.7 Å². The van der Waals surface area contributed by atoms with Gasteiger partial charge >= 0.3 is 20.8 Å². The van der Waals surface area contributed by atoms with Crippen LogP contribution in [0.2, 0.25) is 0 Å². The number of rotatable bonds is 3. The van der Waals surface area contributed by atoms with Crippen LogP contribution >= 0.6 is 0 Å². The molecule has 1 aromatic rings. The standard InChI is InChI=1S/C13H19N3O.2H2O4S/c14-11-5-4-6-12(9-11)15-13(17)10-16-7-2-1-3-8-16;2*1-5(2,3)4/h4-6,9H,1-3,7-8,10,14H2,(H,15,17);2*(H2,1,2,3,4). The Hall–Kier alpha value is -1.81. The molecule has 0 bridgehead atoms. The molecule has 0 spiro atoms. The first kappa shape index (κ1) is 25.2. The molecule has 1 aromatic carbocycles. The molecule has 1 aliphatic rings. The van der Waals surface area contributed by atoms with Gasteiger partial charge < -0.3 is 11.1 Å². The van der Waals surface area contributed by atoms with Crippen LogP contribution in [0.15, 0.2) is 24.3 Å². The SMILES string of the molecule is Nc1cccc(NC(=O)CN2CCCCC2)c1.O=S(=O)(O)O.O=S(=O)(O)O. The van der Waals surface area contributed by atoms with Crippen LogP contribution < -0.4 is 11.1 Å². The first-order chi connectivity index (χ1) is 12.2. The van der Waals surface area contributed by atoms with Crippen LogP contribution in [0.5, 0.6) is 0 Å². The Labute approximate surface area is 157 Å². The third kappa shape index (κ3) is 20.4. The van der Waals surface area contributed by atoms with Gasteiger partial charge in [0.1, 0.15) is 0 Å². The molecule has 14 heteroatoms. The van der Waals surface area contributed by atoms with E-state index in [0.717, 1.165) is 18.8 Å². The highest BCUT2D eigenvalue weighted by Crippen LogP contribution is 2.12. The molecule has 0 radical (unpaired) electrons. The van der Waals surface area contributed by atoms with Crippen LogP contribution in [-0.2, 0) is 25.6 Å². The summed E-state index contributed by atoms with van der Waals surface area (Å²) >= 11 is 0. The zero-order chi connectivity index (χ0) is 21.1. The summed E-state index contributed by atoms with van der Waals surface area (Å²) in [6.45, 7) is 2.55. The Morgan fingerprint density at radius 2 is 1.48 bits per heavy atom. The first-order valence-corrected chi connectivity index (χ1v) is 10.3. The molecule has 1 saturated heterocycles. The number of benzene rings is 1. The largest absolute Gasteiger partial charge is 0.399 e. The van der Waals surface area contributed by atoms with Crippen molar-refractivity contribution < 1.29 is 39.8 Å². The van der Waals surface area contributed by atoms with Gasteiger partial charge in [-0.3, -0.25) is 27.9 Å². The van der Waals surface area contributed by atoms with E-state index in [-0.39, 0.29) is 5.91 Å². The van der Waals surface area contributed by atoms with Crippen LogP contribution in [0.1, 0.15) is 19.3 Å². The van der Waals surface area contributed by atoms with Crippen LogP contribution in [0.4, 0.5) is 11.4 Å². The van der Waals surface area contributed by atoms with Crippen LogP contribution in [0.25, 0.3) is 0 Å². The summed E-state index contributed by atoms with van der Waals surface area (Å²) in [5, 5.41) is 2.87. The van der Waals surface area contributed by atoms with E-state index in [9.17, 15) is 4.79 Å². The number of nitrogens with one attached hydrogen (secondary N) is 1. The number of nitrogens with zero attached hydrogens (tertiary/aromatic N) is 1. The van der Waals surface area contributed by atoms with Crippen molar-refractivity contribution in [2.24, 2.45) is 0 Å². The number of likely N-dealkylation sites (tertiary alicyclic amines) is 1. The molecule has 12 nitrogen and oxygen atoms in total. The molecule has 0 aliphatic carbocycles. The average molecular weight is 429 g/mol. The van der Waals surface area contributed by atoms with Crippen molar-refractivity contribution in [1.82, 2.24) is 4.90 Å². The molecule has 0 aromatic heterocycles. The van der Waals surface area contributed by atoms with Gasteiger partial charge in [0.05, 0.1) is 6.54 Å². The number of nitrogens with two attached hydrogens (primary N) is 1. The van der Waals surface area contributed by atoms with E-state index in [1.54, 1.807) is 12.1 Å². The Bertz CT molecular complexity index is 745. The van der Waals surface area contributed by atoms with Gasteiger partial charge in [-0.25, -0.2) is 0 Å². The lowest BCUT2D eigenvalue weighted by molar-refractivity contribution is -0.117. The maximum atomic E-state index is 11.8. The first-order valence-electron chi connectivity index (χ1n) is 7.51. The van der Waals surface area contributed by atoms with Crippen LogP contribution in [0.3, 0.4) is 0 Å². The minimum absolute atomic E-state index is 0.0394. The summed E-state index contributed by atoms with van der Waals surface area (Å²) < 4.78 is 63.2. The smallest absolute Gasteiger partial charge is 0.394 e. The summed E-state index contributed by atoms with van der Waals surface area (Å²) in [7, 11) is -9.33. The molecule has 2 rings (SSSR count). The molecule has 27 heavy (non-hydrogen) atoms. The van der Waals surface area contributed by atoms with Crippen molar-refractivity contribution in [1.29, 1.82) is 0 Å². The van der Waals surface area contributed by atoms with Gasteiger partial charge in [0.25, 0.3) is 0 Å². The number of hydrogen-bond acceptors (Lipinski definition) is 7. The van der Waals surface area contributed by atoms with Gasteiger partial charge in [-0.05, 0) is 44.1 Å². The summed E-state index contributed by atoms with van der Waals surface area (Å²) in [6, 6.07) is 7.27. The van der Waals surface area contributed by atoms with Gasteiger partial charge in [-0.1, -0.05) is 12.5 Å². The highest BCUT2D eigenvalue weighted by atomic mass is 32.3. The predicted octanol–water partition coefficient (Wildman–Crippen LogP) is 0.388. The second kappa shape index (κ2) is 11.8. The van der Waals surface area contributed by atoms with Crippen molar-refractivity contribution in [3.05, 3.63) is 24.3 Å². The molecule has 156 valence electrons. The van der Waals surface area contributed by atoms with E-state index in [2.05, 4.69) is 10.2 Å². The van der Waals surface area contributed by atoms with E-state index in [1.807, 2.05) is 12.1 Å². The molecule has 1 amide bonds. The lowest BCUT2D eigenvalue weighted by Crippen LogP contribution is -2.36. The molecule has 0 saturated carbocycles. The number of amides is 1. The minimum atomic E-state index is -4.67. The molecule has 1 aliphatic heterocycles. The summed E-state index contributed by atoms with van der Waals surface area (Å²) in [6.07, 6.45) is 3.68. The second-order valence-electron chi connectivity index (χ2n) is 5.41. The zero-order valence-corrected chi connectivity index (χ0v) is 15.9. The van der Waals surface area contributed by atoms with Gasteiger partial charge in [-0.2, -0.15) is 16.8 Å². The fourth-order valence-corrected chi connectivity index (χ4v) is 2.14. The zero-order valence-electron chi connectivity index (χ0n) is 14.2. The molecule has 7 N–H and O–H groups in total. The van der Waals surface area contributed by atoms with E-state index in [1.165, 1.54) is 19.3 Å². The summed E-state index contributed by atoms with van der Waals surface area (Å²) in [4.78, 5) is 14.0. The number of carbonyl (C=O) groups is 1. The van der Waals surface area contributed by atoms with Gasteiger partial charge in [0.2, 0.25) is 5.91 Å². The second-order valence-corrected chi connectivity index (χ2v) is 7.20. The van der Waals surface area contributed by atoms with E-state index < -0.39 is 20.8 Å². The van der Waals surface area contributed by atoms with E-state index in [0.29, 0.717) is 12.2 Å². The molecule has 0 atom stereocenters. The summed E-state index contributed by atoms with van der Waals surface area (Å²) in [5.41, 5.74) is 7.09. The molecule has 1 heterocycles. The van der Waals surface area contributed by atoms with E-state index >= 15 is 0 Å². The van der Waals surface area contributed by atoms with Gasteiger partial charge in [0, 0.05) is 11.4 Å². The maximum absolute atomic E-state index is 11.8. The lowest BCUT2D eigenvalue weighted by Gasteiger charge is -2.25. The minimum Gasteiger partial charge on any atom is -0.399 e. The number of nitrogen functional groups attached to an aromatic ring is 1. The Balaban J connectivity index is 0.000000563. The van der Waals surface area contributed by atoms with Gasteiger partial charge in [-0.15, -0.1) is 0 Å². The van der Waals surface area contributed by atoms with Crippen LogP contribution in [0, 0.1) is 0 Å². The third-order valence-corrected chi connectivity index (χ3v) is 2.99. The van der Waals surface area contributed by atoms with Crippen molar-refractivity contribution >= 4 is 38.1 Å². The number of piperidine rings is 1. The monoisotopic (exact) mass is 429 g/mol. The number of anilines is 2. The van der Waals surface area contributed by atoms with Crippen LogP contribution in [-0.4, -0.2) is 65.5 Å². The Kier molecular flexibility index (Phi) is 11.0. The summed E-state index contributed by atoms with van der Waals surface area (Å²) in [5.74, 6) is 0.0394. The van der Waals surface area contributed by atoms with E-state index in [4.69, 9.17) is 40.8 Å². The molecule has 1 fully saturated rings. The Morgan fingerprint density at radius 3 is 1.93 bits per heavy atom. The van der Waals surface area contributed by atoms with Gasteiger partial charge in [0.15, 0.2) is 0 Å². The molecular formula is C13H23N3O9S2. The highest BCUT2D eigenvalue weighted by molar-refractivity contribution is 7.80. The molecule has 0 unspecified atom stereocenters. The number of carbonyl (C=O) groups excluding carboxylic acids is 1. The normalized spacial score (nSPS) is 14.8. The number of hydrogen-bond donors (Lipinski definition) is 6. The predicted molar refractivity (Wildman–Crippen MR) is 98.1 cm³/mol. The topological polar surface area (TPSA) is 208 Å². The maximum Gasteiger partial charge on any atom is 0.394 e. The lowest BCUT2D eigenvalue weighted by atomic mass is 10.1. The van der Waals surface area contributed by atoms with Crippen molar-refractivity contribution in [2.45, 2.75) is 19.3 Å². The fourth-order valence-electron chi connectivity index (χ4n) is 2.14. The third-order valence-electron chi connectivity index (χ3n) is 2.99. The molecular weight excluding hydrogens is 406 g/mol. The fraction of sp³-hybridized carbons (Fsp3) is 0.462. The Morgan fingerprint density at radius 1 is 1.00 bits per heavy atom. The van der Waals surface area contributed by atoms with Crippen molar-refractivity contribution in [3.8, 4) is 0 Å². The highest BCUT2D eigenvalue weighted by Gasteiger charge is 2.13. The quantitative estimate of drug-likeness (QED) is 0.286.